The van der Waals surface area contributed by atoms with E-state index in [1.54, 1.807) is 18.6 Å². The van der Waals surface area contributed by atoms with E-state index in [9.17, 15) is 4.79 Å². The molecule has 0 aliphatic carbocycles. The Labute approximate surface area is 159 Å². The van der Waals surface area contributed by atoms with Gasteiger partial charge in [0.15, 0.2) is 0 Å². The Morgan fingerprint density at radius 1 is 1.00 bits per heavy atom. The summed E-state index contributed by atoms with van der Waals surface area (Å²) in [7, 11) is 0. The fraction of sp³-hybridized carbons (Fsp3) is 0.273. The zero-order chi connectivity index (χ0) is 19.3. The molecule has 138 valence electrons. The van der Waals surface area contributed by atoms with Gasteiger partial charge in [-0.1, -0.05) is 39.0 Å². The summed E-state index contributed by atoms with van der Waals surface area (Å²) in [6.07, 6.45) is 9.34. The molecule has 2 heterocycles. The highest BCUT2D eigenvalue weighted by atomic mass is 16.1. The summed E-state index contributed by atoms with van der Waals surface area (Å²) in [5, 5.41) is 3.17. The first kappa shape index (κ1) is 18.7. The molecule has 1 N–H and O–H groups in total. The Bertz CT molecular complexity index is 889. The maximum atomic E-state index is 12.9. The van der Waals surface area contributed by atoms with E-state index in [0.717, 1.165) is 23.1 Å². The molecule has 2 aromatic heterocycles. The summed E-state index contributed by atoms with van der Waals surface area (Å²) in [6.45, 7) is 6.50. The molecule has 0 aliphatic heterocycles. The van der Waals surface area contributed by atoms with E-state index < -0.39 is 0 Å². The van der Waals surface area contributed by atoms with Crippen molar-refractivity contribution >= 4 is 5.91 Å². The number of carbonyl (C=O) groups excluding carboxylic acids is 1. The van der Waals surface area contributed by atoms with Crippen LogP contribution in [0.4, 0.5) is 0 Å². The Balaban J connectivity index is 1.84. The third kappa shape index (κ3) is 5.20. The number of rotatable bonds is 5. The molecule has 27 heavy (non-hydrogen) atoms. The molecular formula is C22H24N4O. The minimum atomic E-state index is -0.105. The Morgan fingerprint density at radius 2 is 1.78 bits per heavy atom. The Hall–Kier alpha value is -3.08. The van der Waals surface area contributed by atoms with Crippen LogP contribution < -0.4 is 5.32 Å². The third-order valence-electron chi connectivity index (χ3n) is 4.23. The van der Waals surface area contributed by atoms with Gasteiger partial charge in [-0.25, -0.2) is 9.97 Å². The van der Waals surface area contributed by atoms with E-state index in [1.165, 1.54) is 6.33 Å². The van der Waals surface area contributed by atoms with Crippen molar-refractivity contribution in [2.75, 3.05) is 0 Å². The maximum absolute atomic E-state index is 12.9. The van der Waals surface area contributed by atoms with Crippen molar-refractivity contribution in [3.05, 3.63) is 78.6 Å². The van der Waals surface area contributed by atoms with E-state index in [-0.39, 0.29) is 17.4 Å². The summed E-state index contributed by atoms with van der Waals surface area (Å²) >= 11 is 0. The number of hydrogen-bond donors (Lipinski definition) is 1. The average Bonchev–Trinajstić information content (AvgIpc) is 2.68. The number of amides is 1. The molecule has 0 saturated heterocycles. The molecule has 0 aliphatic rings. The number of aromatic nitrogens is 3. The van der Waals surface area contributed by atoms with Gasteiger partial charge in [0.1, 0.15) is 6.33 Å². The zero-order valence-corrected chi connectivity index (χ0v) is 15.9. The highest BCUT2D eigenvalue weighted by molar-refractivity contribution is 5.95. The maximum Gasteiger partial charge on any atom is 0.251 e. The fourth-order valence-corrected chi connectivity index (χ4v) is 2.98. The van der Waals surface area contributed by atoms with Gasteiger partial charge in [-0.05, 0) is 41.2 Å². The van der Waals surface area contributed by atoms with Crippen LogP contribution in [-0.2, 0) is 0 Å². The summed E-state index contributed by atoms with van der Waals surface area (Å²) in [5.74, 6) is -0.105. The highest BCUT2D eigenvalue weighted by Gasteiger charge is 2.22. The second kappa shape index (κ2) is 8.08. The third-order valence-corrected chi connectivity index (χ3v) is 4.23. The number of hydrogen-bond acceptors (Lipinski definition) is 4. The molecule has 3 rings (SSSR count). The topological polar surface area (TPSA) is 67.8 Å². The van der Waals surface area contributed by atoms with Crippen LogP contribution in [0.3, 0.4) is 0 Å². The van der Waals surface area contributed by atoms with Crippen LogP contribution in [-0.4, -0.2) is 20.9 Å². The average molecular weight is 360 g/mol. The molecule has 5 heteroatoms. The molecule has 3 aromatic rings. The molecule has 0 radical (unpaired) electrons. The summed E-state index contributed by atoms with van der Waals surface area (Å²) in [6, 6.07) is 11.3. The molecule has 0 saturated carbocycles. The lowest BCUT2D eigenvalue weighted by atomic mass is 9.85. The second-order valence-corrected chi connectivity index (χ2v) is 7.79. The number of nitrogens with zero attached hydrogens (tertiary/aromatic N) is 3. The SMILES string of the molecule is CC(C)(C)CC(NC(=O)c1cccc(-c2cncnc2)c1)c1cccnc1. The van der Waals surface area contributed by atoms with Crippen LogP contribution in [0.25, 0.3) is 11.1 Å². The zero-order valence-electron chi connectivity index (χ0n) is 15.9. The Morgan fingerprint density at radius 3 is 2.44 bits per heavy atom. The first-order valence-electron chi connectivity index (χ1n) is 8.99. The monoisotopic (exact) mass is 360 g/mol. The predicted octanol–water partition coefficient (Wildman–Crippen LogP) is 4.45. The van der Waals surface area contributed by atoms with Crippen molar-refractivity contribution < 1.29 is 4.79 Å². The van der Waals surface area contributed by atoms with E-state index in [2.05, 4.69) is 41.0 Å². The minimum absolute atomic E-state index is 0.0665. The number of pyridine rings is 1. The smallest absolute Gasteiger partial charge is 0.251 e. The van der Waals surface area contributed by atoms with Crippen LogP contribution in [0, 0.1) is 5.41 Å². The van der Waals surface area contributed by atoms with Crippen molar-refractivity contribution in [1.29, 1.82) is 0 Å². The molecule has 1 amide bonds. The first-order valence-corrected chi connectivity index (χ1v) is 8.99. The van der Waals surface area contributed by atoms with Gasteiger partial charge in [0, 0.05) is 35.9 Å². The van der Waals surface area contributed by atoms with E-state index in [4.69, 9.17) is 0 Å². The summed E-state index contributed by atoms with van der Waals surface area (Å²) in [5.41, 5.74) is 3.48. The largest absolute Gasteiger partial charge is 0.345 e. The lowest BCUT2D eigenvalue weighted by Gasteiger charge is -2.27. The minimum Gasteiger partial charge on any atom is -0.345 e. The number of nitrogens with one attached hydrogen (secondary N) is 1. The van der Waals surface area contributed by atoms with Gasteiger partial charge >= 0.3 is 0 Å². The molecule has 5 nitrogen and oxygen atoms in total. The van der Waals surface area contributed by atoms with Crippen LogP contribution in [0.1, 0.15) is 49.2 Å². The molecule has 1 unspecified atom stereocenters. The second-order valence-electron chi connectivity index (χ2n) is 7.79. The van der Waals surface area contributed by atoms with Crippen LogP contribution in [0.15, 0.2) is 67.5 Å². The van der Waals surface area contributed by atoms with Gasteiger partial charge in [-0.3, -0.25) is 9.78 Å². The molecule has 1 aromatic carbocycles. The van der Waals surface area contributed by atoms with Crippen molar-refractivity contribution in [2.45, 2.75) is 33.2 Å². The normalized spacial score (nSPS) is 12.4. The number of carbonyl (C=O) groups is 1. The molecule has 1 atom stereocenters. The highest BCUT2D eigenvalue weighted by Crippen LogP contribution is 2.29. The first-order chi connectivity index (χ1) is 12.9. The van der Waals surface area contributed by atoms with Crippen LogP contribution >= 0.6 is 0 Å². The lowest BCUT2D eigenvalue weighted by Crippen LogP contribution is -2.31. The fourth-order valence-electron chi connectivity index (χ4n) is 2.98. The van der Waals surface area contributed by atoms with Gasteiger partial charge in [0.05, 0.1) is 6.04 Å². The van der Waals surface area contributed by atoms with E-state index in [1.807, 2.05) is 42.6 Å². The molecule has 0 fully saturated rings. The van der Waals surface area contributed by atoms with Crippen molar-refractivity contribution in [2.24, 2.45) is 5.41 Å². The Kier molecular flexibility index (Phi) is 5.60. The van der Waals surface area contributed by atoms with Crippen LogP contribution in [0.2, 0.25) is 0 Å². The van der Waals surface area contributed by atoms with Gasteiger partial charge in [0.25, 0.3) is 5.91 Å². The lowest BCUT2D eigenvalue weighted by molar-refractivity contribution is 0.0926. The van der Waals surface area contributed by atoms with Crippen molar-refractivity contribution in [3.8, 4) is 11.1 Å². The summed E-state index contributed by atoms with van der Waals surface area (Å²) in [4.78, 5) is 25.2. The molecular weight excluding hydrogens is 336 g/mol. The quantitative estimate of drug-likeness (QED) is 0.730. The predicted molar refractivity (Wildman–Crippen MR) is 106 cm³/mol. The van der Waals surface area contributed by atoms with Crippen molar-refractivity contribution in [1.82, 2.24) is 20.3 Å². The molecule has 0 spiro atoms. The standard InChI is InChI=1S/C22H24N4O/c1-22(2,3)11-20(18-8-5-9-23-12-18)26-21(27)17-7-4-6-16(10-17)19-13-24-15-25-14-19/h4-10,12-15,20H,11H2,1-3H3,(H,26,27). The van der Waals surface area contributed by atoms with Crippen LogP contribution in [0.5, 0.6) is 0 Å². The van der Waals surface area contributed by atoms with Gasteiger partial charge in [0.2, 0.25) is 0 Å². The van der Waals surface area contributed by atoms with Gasteiger partial charge in [-0.15, -0.1) is 0 Å². The number of benzene rings is 1. The van der Waals surface area contributed by atoms with E-state index in [0.29, 0.717) is 5.56 Å². The van der Waals surface area contributed by atoms with Gasteiger partial charge < -0.3 is 5.32 Å². The summed E-state index contributed by atoms with van der Waals surface area (Å²) < 4.78 is 0. The molecule has 0 bridgehead atoms. The van der Waals surface area contributed by atoms with E-state index >= 15 is 0 Å². The van der Waals surface area contributed by atoms with Gasteiger partial charge in [-0.2, -0.15) is 0 Å². The van der Waals surface area contributed by atoms with Crippen molar-refractivity contribution in [3.63, 3.8) is 0 Å².